The van der Waals surface area contributed by atoms with Crippen molar-refractivity contribution in [1.29, 1.82) is 0 Å². The van der Waals surface area contributed by atoms with Gasteiger partial charge < -0.3 is 33.9 Å². The minimum atomic E-state index is -0.793. The highest BCUT2D eigenvalue weighted by Crippen LogP contribution is 2.44. The average Bonchev–Trinajstić information content (AvgIpc) is 3.72. The highest BCUT2D eigenvalue weighted by atomic mass is 16.9. The molecule has 9 nitrogen and oxygen atoms in total. The number of carbonyl (C=O) groups excluding carboxylic acids is 2. The normalized spacial score (nSPS) is 22.8. The van der Waals surface area contributed by atoms with Crippen LogP contribution in [0.15, 0.2) is 0 Å². The van der Waals surface area contributed by atoms with Gasteiger partial charge in [-0.15, -0.1) is 0 Å². The largest absolute Gasteiger partial charge is 0.356 e. The third-order valence-corrected chi connectivity index (χ3v) is 12.9. The second-order valence-corrected chi connectivity index (χ2v) is 19.7. The Hall–Kier alpha value is -1.26. The van der Waals surface area contributed by atoms with E-state index in [1.165, 1.54) is 167 Å². The molecular weight excluding hydrogens is 753 g/mol. The van der Waals surface area contributed by atoms with Crippen LogP contribution in [0.2, 0.25) is 0 Å². The lowest BCUT2D eigenvalue weighted by Gasteiger charge is -2.39. The average molecular weight is 849 g/mol. The summed E-state index contributed by atoms with van der Waals surface area (Å²) in [5.74, 6) is -1.33. The minimum absolute atomic E-state index is 0.115. The molecule has 0 bridgehead atoms. The van der Waals surface area contributed by atoms with Crippen molar-refractivity contribution in [3.05, 3.63) is 0 Å². The lowest BCUT2D eigenvalue weighted by atomic mass is 9.98. The molecule has 60 heavy (non-hydrogen) atoms. The standard InChI is InChI=1S/C51H96N2O7/c1-7-9-11-13-15-17-19-21-23-25-27-29-31-33-35-38-44(54)52-40-37-41-53(45(55)39-36-34-32-30-28-26-24-22-20-18-16-14-12-10-8-2)42-43-46-47(58-50(3,4)57-46)48-49(56-43)60-51(5,6)59-48/h43,46-49H,7-42H2,1-6H3,(H,52,54)/t43-,46+,47+,48-,49-/m1/s1. The molecule has 2 amide bonds. The molecule has 0 radical (unpaired) electrons. The maximum atomic E-state index is 13.9. The van der Waals surface area contributed by atoms with Crippen molar-refractivity contribution in [2.75, 3.05) is 19.6 Å². The Morgan fingerprint density at radius 3 is 1.32 bits per heavy atom. The topological polar surface area (TPSA) is 95.6 Å². The third-order valence-electron chi connectivity index (χ3n) is 12.9. The van der Waals surface area contributed by atoms with Gasteiger partial charge in [-0.1, -0.05) is 194 Å². The molecule has 0 aromatic carbocycles. The number of unbranched alkanes of at least 4 members (excludes halogenated alkanes) is 28. The highest BCUT2D eigenvalue weighted by molar-refractivity contribution is 5.76. The fourth-order valence-electron chi connectivity index (χ4n) is 9.42. The van der Waals surface area contributed by atoms with E-state index in [-0.39, 0.29) is 24.0 Å². The SMILES string of the molecule is CCCCCCCCCCCCCCCCCC(=O)NCCCN(C[C@H]1O[C@@H]2OC(C)(C)O[C@@H]2[C@H]2OC(C)(C)O[C@H]21)C(=O)CCCCCCCCCCCCCCCCC. The quantitative estimate of drug-likeness (QED) is 0.0618. The number of ether oxygens (including phenoxy) is 5. The lowest BCUT2D eigenvalue weighted by molar-refractivity contribution is -0.236. The number of nitrogens with one attached hydrogen (secondary N) is 1. The van der Waals surface area contributed by atoms with Crippen molar-refractivity contribution in [1.82, 2.24) is 10.2 Å². The molecule has 0 unspecified atom stereocenters. The summed E-state index contributed by atoms with van der Waals surface area (Å²) in [6.07, 6.45) is 38.9. The van der Waals surface area contributed by atoms with Crippen LogP contribution < -0.4 is 5.32 Å². The van der Waals surface area contributed by atoms with Gasteiger partial charge in [0.15, 0.2) is 17.9 Å². The molecule has 0 aromatic rings. The van der Waals surface area contributed by atoms with Gasteiger partial charge in [-0.25, -0.2) is 0 Å². The van der Waals surface area contributed by atoms with Gasteiger partial charge in [0.2, 0.25) is 11.8 Å². The first-order valence-corrected chi connectivity index (χ1v) is 26.0. The van der Waals surface area contributed by atoms with E-state index in [1.807, 2.05) is 32.6 Å². The molecular formula is C51H96N2O7. The van der Waals surface area contributed by atoms with E-state index in [0.717, 1.165) is 25.7 Å². The third kappa shape index (κ3) is 22.9. The van der Waals surface area contributed by atoms with Crippen LogP contribution >= 0.6 is 0 Å². The van der Waals surface area contributed by atoms with Gasteiger partial charge in [0.1, 0.15) is 24.4 Å². The van der Waals surface area contributed by atoms with Crippen LogP contribution in [0.4, 0.5) is 0 Å². The number of hydrogen-bond donors (Lipinski definition) is 1. The predicted octanol–water partition coefficient (Wildman–Crippen LogP) is 13.2. The second kappa shape index (κ2) is 31.6. The molecule has 3 fully saturated rings. The van der Waals surface area contributed by atoms with Crippen LogP contribution in [-0.2, 0) is 33.3 Å². The number of nitrogens with zero attached hydrogens (tertiary/aromatic N) is 1. The first-order chi connectivity index (χ1) is 29.0. The molecule has 0 saturated carbocycles. The number of rotatable bonds is 38. The summed E-state index contributed by atoms with van der Waals surface area (Å²) in [4.78, 5) is 28.5. The van der Waals surface area contributed by atoms with Crippen LogP contribution in [0, 0.1) is 0 Å². The Kier molecular flexibility index (Phi) is 27.9. The maximum Gasteiger partial charge on any atom is 0.222 e. The first kappa shape index (κ1) is 53.1. The smallest absolute Gasteiger partial charge is 0.222 e. The Bertz CT molecular complexity index is 1100. The van der Waals surface area contributed by atoms with Gasteiger partial charge in [0.25, 0.3) is 0 Å². The van der Waals surface area contributed by atoms with Gasteiger partial charge in [0, 0.05) is 32.5 Å². The zero-order valence-electron chi connectivity index (χ0n) is 40.1. The summed E-state index contributed by atoms with van der Waals surface area (Å²) in [5.41, 5.74) is 0. The van der Waals surface area contributed by atoms with Gasteiger partial charge in [-0.3, -0.25) is 9.59 Å². The van der Waals surface area contributed by atoms with E-state index in [4.69, 9.17) is 23.7 Å². The Morgan fingerprint density at radius 2 is 0.850 bits per heavy atom. The van der Waals surface area contributed by atoms with E-state index < -0.39 is 30.1 Å². The van der Waals surface area contributed by atoms with E-state index in [2.05, 4.69) is 19.2 Å². The molecule has 1 N–H and O–H groups in total. The zero-order chi connectivity index (χ0) is 43.3. The van der Waals surface area contributed by atoms with Crippen molar-refractivity contribution in [2.45, 2.75) is 296 Å². The van der Waals surface area contributed by atoms with Crippen LogP contribution in [0.25, 0.3) is 0 Å². The van der Waals surface area contributed by atoms with Crippen LogP contribution in [0.5, 0.6) is 0 Å². The van der Waals surface area contributed by atoms with Crippen molar-refractivity contribution < 1.29 is 33.3 Å². The van der Waals surface area contributed by atoms with E-state index in [1.54, 1.807) is 0 Å². The Balaban J connectivity index is 1.33. The fraction of sp³-hybridized carbons (Fsp3) is 0.961. The molecule has 0 aromatic heterocycles. The van der Waals surface area contributed by atoms with Gasteiger partial charge in [-0.2, -0.15) is 0 Å². The Morgan fingerprint density at radius 1 is 0.467 bits per heavy atom. The fourth-order valence-corrected chi connectivity index (χ4v) is 9.42. The monoisotopic (exact) mass is 849 g/mol. The number of hydrogen-bond acceptors (Lipinski definition) is 7. The lowest BCUT2D eigenvalue weighted by Crippen LogP contribution is -2.58. The first-order valence-electron chi connectivity index (χ1n) is 26.0. The van der Waals surface area contributed by atoms with Crippen molar-refractivity contribution >= 4 is 11.8 Å². The summed E-state index contributed by atoms with van der Waals surface area (Å²) in [5, 5.41) is 3.13. The van der Waals surface area contributed by atoms with Gasteiger partial charge in [-0.05, 0) is 47.0 Å². The molecule has 0 spiro atoms. The molecule has 0 aliphatic carbocycles. The summed E-state index contributed by atoms with van der Waals surface area (Å²) in [7, 11) is 0. The van der Waals surface area contributed by atoms with Crippen LogP contribution in [0.3, 0.4) is 0 Å². The minimum Gasteiger partial charge on any atom is -0.356 e. The zero-order valence-corrected chi connectivity index (χ0v) is 40.1. The molecule has 3 rings (SSSR count). The van der Waals surface area contributed by atoms with Gasteiger partial charge in [0.05, 0.1) is 0 Å². The van der Waals surface area contributed by atoms with Crippen molar-refractivity contribution in [3.63, 3.8) is 0 Å². The van der Waals surface area contributed by atoms with E-state index in [0.29, 0.717) is 38.9 Å². The van der Waals surface area contributed by atoms with E-state index in [9.17, 15) is 9.59 Å². The summed E-state index contributed by atoms with van der Waals surface area (Å²) >= 11 is 0. The Labute approximate surface area is 369 Å². The highest BCUT2D eigenvalue weighted by Gasteiger charge is 2.60. The molecule has 3 saturated heterocycles. The molecule has 9 heteroatoms. The molecule has 3 aliphatic rings. The summed E-state index contributed by atoms with van der Waals surface area (Å²) < 4.78 is 31.6. The maximum absolute atomic E-state index is 13.9. The predicted molar refractivity (Wildman–Crippen MR) is 246 cm³/mol. The summed E-state index contributed by atoms with van der Waals surface area (Å²) in [6, 6.07) is 0. The van der Waals surface area contributed by atoms with Crippen molar-refractivity contribution in [2.24, 2.45) is 0 Å². The van der Waals surface area contributed by atoms with Crippen LogP contribution in [0.1, 0.15) is 253 Å². The molecule has 3 aliphatic heterocycles. The van der Waals surface area contributed by atoms with Crippen LogP contribution in [-0.4, -0.2) is 78.6 Å². The number of carbonyl (C=O) groups is 2. The molecule has 3 heterocycles. The summed E-state index contributed by atoms with van der Waals surface area (Å²) in [6.45, 7) is 13.7. The molecule has 352 valence electrons. The molecule has 5 atom stereocenters. The van der Waals surface area contributed by atoms with E-state index >= 15 is 0 Å². The number of fused-ring (bicyclic) bond motifs is 3. The van der Waals surface area contributed by atoms with Gasteiger partial charge >= 0.3 is 0 Å². The number of amides is 2. The second-order valence-electron chi connectivity index (χ2n) is 19.7. The van der Waals surface area contributed by atoms with Crippen molar-refractivity contribution in [3.8, 4) is 0 Å².